The topological polar surface area (TPSA) is 61.6 Å². The van der Waals surface area contributed by atoms with E-state index < -0.39 is 5.82 Å². The van der Waals surface area contributed by atoms with Crippen LogP contribution < -0.4 is 5.32 Å². The molecule has 0 fully saturated rings. The maximum absolute atomic E-state index is 13.9. The number of benzene rings is 1. The molecule has 2 rings (SSSR count). The van der Waals surface area contributed by atoms with Gasteiger partial charge in [-0.1, -0.05) is 25.4 Å². The monoisotopic (exact) mass is 290 g/mol. The Balaban J connectivity index is 2.41. The first kappa shape index (κ1) is 14.2. The van der Waals surface area contributed by atoms with E-state index in [0.717, 1.165) is 5.56 Å². The zero-order chi connectivity index (χ0) is 14.7. The lowest BCUT2D eigenvalue weighted by molar-refractivity contribution is 0.631. The van der Waals surface area contributed by atoms with Gasteiger partial charge in [0, 0.05) is 5.56 Å². The standard InChI is InChI=1S/C14H12ClFN4/c1-8(2)12-13(15)18-7-19-14(12)20-11-4-3-9(6-17)5-10(11)16/h3-5,7-8H,1-2H3,(H,18,19,20). The lowest BCUT2D eigenvalue weighted by atomic mass is 10.1. The molecule has 0 saturated heterocycles. The molecule has 0 aliphatic heterocycles. The lowest BCUT2D eigenvalue weighted by Gasteiger charge is -2.14. The maximum atomic E-state index is 13.9. The predicted octanol–water partition coefficient (Wildman–Crippen LogP) is 4.01. The summed E-state index contributed by atoms with van der Waals surface area (Å²) in [5.74, 6) is 0.0322. The highest BCUT2D eigenvalue weighted by atomic mass is 35.5. The first-order valence-corrected chi connectivity index (χ1v) is 6.37. The molecule has 20 heavy (non-hydrogen) atoms. The Kier molecular flexibility index (Phi) is 4.16. The molecule has 0 radical (unpaired) electrons. The van der Waals surface area contributed by atoms with E-state index in [1.165, 1.54) is 24.5 Å². The van der Waals surface area contributed by atoms with Gasteiger partial charge in [0.25, 0.3) is 0 Å². The van der Waals surface area contributed by atoms with Crippen LogP contribution >= 0.6 is 11.6 Å². The highest BCUT2D eigenvalue weighted by Crippen LogP contribution is 2.30. The molecule has 0 aliphatic rings. The van der Waals surface area contributed by atoms with Crippen molar-refractivity contribution in [3.05, 3.63) is 46.6 Å². The molecule has 1 aromatic heterocycles. The molecule has 0 unspecified atom stereocenters. The van der Waals surface area contributed by atoms with E-state index in [-0.39, 0.29) is 17.2 Å². The van der Waals surface area contributed by atoms with Crippen molar-refractivity contribution in [2.75, 3.05) is 5.32 Å². The van der Waals surface area contributed by atoms with Gasteiger partial charge in [-0.25, -0.2) is 14.4 Å². The third-order valence-electron chi connectivity index (χ3n) is 2.76. The van der Waals surface area contributed by atoms with Crippen LogP contribution in [0, 0.1) is 17.1 Å². The quantitative estimate of drug-likeness (QED) is 0.868. The van der Waals surface area contributed by atoms with Crippen molar-refractivity contribution in [3.63, 3.8) is 0 Å². The highest BCUT2D eigenvalue weighted by molar-refractivity contribution is 6.30. The van der Waals surface area contributed by atoms with Gasteiger partial charge in [0.2, 0.25) is 0 Å². The summed E-state index contributed by atoms with van der Waals surface area (Å²) >= 11 is 6.05. The second-order valence-electron chi connectivity index (χ2n) is 4.51. The lowest BCUT2D eigenvalue weighted by Crippen LogP contribution is -2.04. The number of hydrogen-bond donors (Lipinski definition) is 1. The van der Waals surface area contributed by atoms with Crippen LogP contribution in [0.1, 0.15) is 30.9 Å². The van der Waals surface area contributed by atoms with E-state index in [9.17, 15) is 4.39 Å². The molecule has 0 aliphatic carbocycles. The fourth-order valence-electron chi connectivity index (χ4n) is 1.80. The molecule has 0 atom stereocenters. The summed E-state index contributed by atoms with van der Waals surface area (Å²) in [6, 6.07) is 6.07. The van der Waals surface area contributed by atoms with Crippen LogP contribution in [0.5, 0.6) is 0 Å². The number of nitrogens with one attached hydrogen (secondary N) is 1. The molecule has 0 bridgehead atoms. The summed E-state index contributed by atoms with van der Waals surface area (Å²) in [6.45, 7) is 3.90. The molecule has 1 aromatic carbocycles. The third-order valence-corrected chi connectivity index (χ3v) is 3.07. The van der Waals surface area contributed by atoms with Crippen LogP contribution in [-0.2, 0) is 0 Å². The number of anilines is 2. The Morgan fingerprint density at radius 3 is 2.70 bits per heavy atom. The number of rotatable bonds is 3. The van der Waals surface area contributed by atoms with Gasteiger partial charge in [-0.3, -0.25) is 0 Å². The summed E-state index contributed by atoms with van der Waals surface area (Å²) < 4.78 is 13.9. The van der Waals surface area contributed by atoms with Gasteiger partial charge in [0.15, 0.2) is 0 Å². The molecule has 4 nitrogen and oxygen atoms in total. The van der Waals surface area contributed by atoms with Crippen LogP contribution in [0.15, 0.2) is 24.5 Å². The van der Waals surface area contributed by atoms with Crippen molar-refractivity contribution in [1.29, 1.82) is 5.26 Å². The molecule has 1 N–H and O–H groups in total. The summed E-state index contributed by atoms with van der Waals surface area (Å²) in [5.41, 5.74) is 1.22. The number of nitrogens with zero attached hydrogens (tertiary/aromatic N) is 3. The summed E-state index contributed by atoms with van der Waals surface area (Å²) in [6.07, 6.45) is 1.32. The minimum atomic E-state index is -0.520. The average molecular weight is 291 g/mol. The molecular formula is C14H12ClFN4. The van der Waals surface area contributed by atoms with Crippen LogP contribution in [0.4, 0.5) is 15.9 Å². The highest BCUT2D eigenvalue weighted by Gasteiger charge is 2.15. The Labute approximate surface area is 121 Å². The minimum Gasteiger partial charge on any atom is -0.337 e. The van der Waals surface area contributed by atoms with Crippen LogP contribution in [0.3, 0.4) is 0 Å². The first-order valence-electron chi connectivity index (χ1n) is 6.00. The number of halogens is 2. The molecule has 6 heteroatoms. The SMILES string of the molecule is CC(C)c1c(Cl)ncnc1Nc1ccc(C#N)cc1F. The molecule has 0 saturated carbocycles. The zero-order valence-electron chi connectivity index (χ0n) is 11.0. The Morgan fingerprint density at radius 1 is 1.35 bits per heavy atom. The van der Waals surface area contributed by atoms with Gasteiger partial charge in [-0.2, -0.15) is 5.26 Å². The van der Waals surface area contributed by atoms with E-state index in [4.69, 9.17) is 16.9 Å². The minimum absolute atomic E-state index is 0.0904. The van der Waals surface area contributed by atoms with Crippen molar-refractivity contribution < 1.29 is 4.39 Å². The number of nitriles is 1. The fraction of sp³-hybridized carbons (Fsp3) is 0.214. The van der Waals surface area contributed by atoms with Gasteiger partial charge < -0.3 is 5.32 Å². The molecule has 102 valence electrons. The smallest absolute Gasteiger partial charge is 0.147 e. The maximum Gasteiger partial charge on any atom is 0.147 e. The molecule has 0 spiro atoms. The second kappa shape index (κ2) is 5.85. The van der Waals surface area contributed by atoms with Crippen LogP contribution in [-0.4, -0.2) is 9.97 Å². The van der Waals surface area contributed by atoms with Gasteiger partial charge in [-0.05, 0) is 24.1 Å². The molecular weight excluding hydrogens is 279 g/mol. The summed E-state index contributed by atoms with van der Waals surface area (Å²) in [5, 5.41) is 12.0. The Morgan fingerprint density at radius 2 is 2.10 bits per heavy atom. The molecule has 2 aromatic rings. The normalized spacial score (nSPS) is 10.4. The van der Waals surface area contributed by atoms with Gasteiger partial charge in [0.1, 0.15) is 23.1 Å². The first-order chi connectivity index (χ1) is 9.52. The van der Waals surface area contributed by atoms with E-state index in [1.807, 2.05) is 19.9 Å². The second-order valence-corrected chi connectivity index (χ2v) is 4.87. The number of hydrogen-bond acceptors (Lipinski definition) is 4. The van der Waals surface area contributed by atoms with Crippen molar-refractivity contribution in [2.45, 2.75) is 19.8 Å². The fourth-order valence-corrected chi connectivity index (χ4v) is 2.15. The van der Waals surface area contributed by atoms with E-state index in [1.54, 1.807) is 0 Å². The van der Waals surface area contributed by atoms with Crippen molar-refractivity contribution in [3.8, 4) is 6.07 Å². The molecule has 1 heterocycles. The van der Waals surface area contributed by atoms with E-state index in [2.05, 4.69) is 15.3 Å². The zero-order valence-corrected chi connectivity index (χ0v) is 11.7. The van der Waals surface area contributed by atoms with Crippen LogP contribution in [0.25, 0.3) is 0 Å². The van der Waals surface area contributed by atoms with E-state index >= 15 is 0 Å². The Bertz CT molecular complexity index is 679. The largest absolute Gasteiger partial charge is 0.337 e. The number of aromatic nitrogens is 2. The summed E-state index contributed by atoms with van der Waals surface area (Å²) in [4.78, 5) is 8.03. The average Bonchev–Trinajstić information content (AvgIpc) is 2.40. The van der Waals surface area contributed by atoms with Crippen molar-refractivity contribution in [1.82, 2.24) is 9.97 Å². The third kappa shape index (κ3) is 2.86. The van der Waals surface area contributed by atoms with E-state index in [0.29, 0.717) is 11.0 Å². The predicted molar refractivity (Wildman–Crippen MR) is 75.5 cm³/mol. The summed E-state index contributed by atoms with van der Waals surface area (Å²) in [7, 11) is 0. The molecule has 0 amide bonds. The van der Waals surface area contributed by atoms with Gasteiger partial charge in [0.05, 0.1) is 17.3 Å². The Hall–Kier alpha value is -2.19. The van der Waals surface area contributed by atoms with Gasteiger partial charge in [-0.15, -0.1) is 0 Å². The van der Waals surface area contributed by atoms with Crippen molar-refractivity contribution in [2.24, 2.45) is 0 Å². The van der Waals surface area contributed by atoms with Crippen molar-refractivity contribution >= 4 is 23.1 Å². The van der Waals surface area contributed by atoms with Gasteiger partial charge >= 0.3 is 0 Å². The van der Waals surface area contributed by atoms with Crippen LogP contribution in [0.2, 0.25) is 5.15 Å².